The van der Waals surface area contributed by atoms with Gasteiger partial charge in [-0.3, -0.25) is 9.63 Å². The molecule has 0 saturated heterocycles. The SMILES string of the molecule is O=C(N(Cc1ccc2c(c1)OCO2)OCc1ccccc1)C(F)(F)F. The van der Waals surface area contributed by atoms with Crippen LogP contribution in [0.5, 0.6) is 11.5 Å². The van der Waals surface area contributed by atoms with Crippen molar-refractivity contribution >= 4 is 5.91 Å². The lowest BCUT2D eigenvalue weighted by atomic mass is 10.2. The van der Waals surface area contributed by atoms with Crippen molar-refractivity contribution in [3.05, 3.63) is 59.7 Å². The number of hydrogen-bond donors (Lipinski definition) is 0. The molecule has 0 N–H and O–H groups in total. The van der Waals surface area contributed by atoms with Gasteiger partial charge in [-0.05, 0) is 23.3 Å². The number of halogens is 3. The second kappa shape index (κ2) is 7.02. The number of hydroxylamine groups is 2. The van der Waals surface area contributed by atoms with Crippen molar-refractivity contribution in [2.24, 2.45) is 0 Å². The number of carbonyl (C=O) groups is 1. The average molecular weight is 353 g/mol. The lowest BCUT2D eigenvalue weighted by molar-refractivity contribution is -0.236. The maximum Gasteiger partial charge on any atom is 0.473 e. The molecular formula is C17H14F3NO4. The minimum atomic E-state index is -5.03. The van der Waals surface area contributed by atoms with Crippen LogP contribution in [0.15, 0.2) is 48.5 Å². The zero-order chi connectivity index (χ0) is 17.9. The van der Waals surface area contributed by atoms with Crippen LogP contribution in [0.25, 0.3) is 0 Å². The third-order valence-corrected chi connectivity index (χ3v) is 3.46. The highest BCUT2D eigenvalue weighted by Gasteiger charge is 2.43. The van der Waals surface area contributed by atoms with Gasteiger partial charge in [0.25, 0.3) is 0 Å². The van der Waals surface area contributed by atoms with Crippen LogP contribution in [0.4, 0.5) is 13.2 Å². The van der Waals surface area contributed by atoms with Crippen LogP contribution in [-0.2, 0) is 22.8 Å². The van der Waals surface area contributed by atoms with Gasteiger partial charge in [0, 0.05) is 0 Å². The van der Waals surface area contributed by atoms with Crippen LogP contribution in [0, 0.1) is 0 Å². The van der Waals surface area contributed by atoms with Crippen LogP contribution >= 0.6 is 0 Å². The number of ether oxygens (including phenoxy) is 2. The maximum absolute atomic E-state index is 12.8. The van der Waals surface area contributed by atoms with E-state index in [1.54, 1.807) is 42.5 Å². The summed E-state index contributed by atoms with van der Waals surface area (Å²) in [6.07, 6.45) is -5.03. The van der Waals surface area contributed by atoms with Crippen LogP contribution in [0.3, 0.4) is 0 Å². The number of amides is 1. The number of benzene rings is 2. The number of alkyl halides is 3. The Bertz CT molecular complexity index is 749. The fourth-order valence-electron chi connectivity index (χ4n) is 2.25. The molecule has 1 amide bonds. The molecule has 0 unspecified atom stereocenters. The van der Waals surface area contributed by atoms with Crippen molar-refractivity contribution in [1.29, 1.82) is 0 Å². The van der Waals surface area contributed by atoms with Crippen molar-refractivity contribution in [3.8, 4) is 11.5 Å². The van der Waals surface area contributed by atoms with Crippen molar-refractivity contribution < 1.29 is 32.3 Å². The van der Waals surface area contributed by atoms with E-state index in [0.29, 0.717) is 27.7 Å². The molecule has 0 aromatic heterocycles. The van der Waals surface area contributed by atoms with Gasteiger partial charge in [-0.1, -0.05) is 36.4 Å². The molecule has 0 bridgehead atoms. The van der Waals surface area contributed by atoms with Crippen LogP contribution in [-0.4, -0.2) is 23.9 Å². The molecule has 1 aliphatic rings. The highest BCUT2D eigenvalue weighted by Crippen LogP contribution is 2.33. The highest BCUT2D eigenvalue weighted by molar-refractivity contribution is 5.80. The Morgan fingerprint density at radius 2 is 1.76 bits per heavy atom. The van der Waals surface area contributed by atoms with Gasteiger partial charge in [0.15, 0.2) is 11.5 Å². The molecule has 0 saturated carbocycles. The van der Waals surface area contributed by atoms with E-state index in [1.807, 2.05) is 0 Å². The number of hydrogen-bond acceptors (Lipinski definition) is 4. The molecule has 0 fully saturated rings. The van der Waals surface area contributed by atoms with Gasteiger partial charge in [-0.2, -0.15) is 13.2 Å². The summed E-state index contributed by atoms with van der Waals surface area (Å²) in [5, 5.41) is 0.310. The van der Waals surface area contributed by atoms with Crippen LogP contribution in [0.1, 0.15) is 11.1 Å². The molecule has 132 valence electrons. The summed E-state index contributed by atoms with van der Waals surface area (Å²) >= 11 is 0. The first-order chi connectivity index (χ1) is 11.9. The Morgan fingerprint density at radius 3 is 2.48 bits per heavy atom. The van der Waals surface area contributed by atoms with E-state index < -0.39 is 12.1 Å². The van der Waals surface area contributed by atoms with Gasteiger partial charge in [0.1, 0.15) is 6.61 Å². The zero-order valence-electron chi connectivity index (χ0n) is 13.0. The number of carbonyl (C=O) groups excluding carboxylic acids is 1. The molecule has 0 spiro atoms. The Morgan fingerprint density at radius 1 is 1.04 bits per heavy atom. The lowest BCUT2D eigenvalue weighted by Crippen LogP contribution is -2.40. The molecule has 0 atom stereocenters. The summed E-state index contributed by atoms with van der Waals surface area (Å²) in [4.78, 5) is 16.8. The molecule has 5 nitrogen and oxygen atoms in total. The molecule has 2 aromatic rings. The largest absolute Gasteiger partial charge is 0.473 e. The zero-order valence-corrected chi connectivity index (χ0v) is 13.0. The first-order valence-corrected chi connectivity index (χ1v) is 7.37. The molecule has 0 radical (unpaired) electrons. The maximum atomic E-state index is 12.8. The summed E-state index contributed by atoms with van der Waals surface area (Å²) < 4.78 is 48.8. The van der Waals surface area contributed by atoms with Gasteiger partial charge in [-0.25, -0.2) is 5.06 Å². The topological polar surface area (TPSA) is 48.0 Å². The predicted molar refractivity (Wildman–Crippen MR) is 80.4 cm³/mol. The monoisotopic (exact) mass is 353 g/mol. The van der Waals surface area contributed by atoms with E-state index in [2.05, 4.69) is 0 Å². The summed E-state index contributed by atoms with van der Waals surface area (Å²) in [6, 6.07) is 13.3. The van der Waals surface area contributed by atoms with Gasteiger partial charge in [-0.15, -0.1) is 0 Å². The molecule has 2 aromatic carbocycles. The van der Waals surface area contributed by atoms with Gasteiger partial charge >= 0.3 is 12.1 Å². The normalized spacial score (nSPS) is 12.9. The smallest absolute Gasteiger partial charge is 0.454 e. The summed E-state index contributed by atoms with van der Waals surface area (Å²) in [5.74, 6) is -1.15. The second-order valence-electron chi connectivity index (χ2n) is 5.29. The van der Waals surface area contributed by atoms with E-state index in [9.17, 15) is 18.0 Å². The first kappa shape index (κ1) is 17.1. The van der Waals surface area contributed by atoms with E-state index in [4.69, 9.17) is 14.3 Å². The molecule has 25 heavy (non-hydrogen) atoms. The fraction of sp³-hybridized carbons (Fsp3) is 0.235. The standard InChI is InChI=1S/C17H14F3NO4/c18-17(19,20)16(22)21(25-10-12-4-2-1-3-5-12)9-13-6-7-14-15(8-13)24-11-23-14/h1-8H,9-11H2. The summed E-state index contributed by atoms with van der Waals surface area (Å²) in [7, 11) is 0. The third-order valence-electron chi connectivity index (χ3n) is 3.46. The Hall–Kier alpha value is -2.74. The molecule has 3 rings (SSSR count). The number of rotatable bonds is 5. The fourth-order valence-corrected chi connectivity index (χ4v) is 2.25. The van der Waals surface area contributed by atoms with Crippen molar-refractivity contribution in [2.75, 3.05) is 6.79 Å². The molecule has 1 heterocycles. The average Bonchev–Trinajstić information content (AvgIpc) is 3.05. The van der Waals surface area contributed by atoms with E-state index >= 15 is 0 Å². The minimum Gasteiger partial charge on any atom is -0.454 e. The Kier molecular flexibility index (Phi) is 4.80. The van der Waals surface area contributed by atoms with Crippen LogP contribution < -0.4 is 9.47 Å². The second-order valence-corrected chi connectivity index (χ2v) is 5.29. The minimum absolute atomic E-state index is 0.0501. The lowest BCUT2D eigenvalue weighted by Gasteiger charge is -2.23. The van der Waals surface area contributed by atoms with E-state index in [-0.39, 0.29) is 19.9 Å². The summed E-state index contributed by atoms with van der Waals surface area (Å²) in [6.45, 7) is -0.483. The Balaban J connectivity index is 1.75. The highest BCUT2D eigenvalue weighted by atomic mass is 19.4. The number of fused-ring (bicyclic) bond motifs is 1. The first-order valence-electron chi connectivity index (χ1n) is 7.37. The number of nitrogens with zero attached hydrogens (tertiary/aromatic N) is 1. The quantitative estimate of drug-likeness (QED) is 0.773. The van der Waals surface area contributed by atoms with Gasteiger partial charge < -0.3 is 9.47 Å². The Labute approximate surface area is 141 Å². The molecule has 0 aliphatic carbocycles. The third kappa shape index (κ3) is 4.21. The molecule has 1 aliphatic heterocycles. The summed E-state index contributed by atoms with van der Waals surface area (Å²) in [5.41, 5.74) is 1.07. The van der Waals surface area contributed by atoms with E-state index in [1.165, 1.54) is 6.07 Å². The molecular weight excluding hydrogens is 339 g/mol. The van der Waals surface area contributed by atoms with Crippen molar-refractivity contribution in [2.45, 2.75) is 19.3 Å². The van der Waals surface area contributed by atoms with Crippen LogP contribution in [0.2, 0.25) is 0 Å². The van der Waals surface area contributed by atoms with Gasteiger partial charge in [0.05, 0.1) is 6.54 Å². The van der Waals surface area contributed by atoms with Gasteiger partial charge in [0.2, 0.25) is 6.79 Å². The molecule has 8 heteroatoms. The predicted octanol–water partition coefficient (Wildman–Crippen LogP) is 3.44. The van der Waals surface area contributed by atoms with E-state index in [0.717, 1.165) is 0 Å². The van der Waals surface area contributed by atoms with Crippen molar-refractivity contribution in [1.82, 2.24) is 5.06 Å². The van der Waals surface area contributed by atoms with Crippen molar-refractivity contribution in [3.63, 3.8) is 0 Å².